The van der Waals surface area contributed by atoms with E-state index in [9.17, 15) is 4.79 Å². The highest BCUT2D eigenvalue weighted by molar-refractivity contribution is 5.81. The molecule has 0 aromatic rings. The third-order valence-corrected chi connectivity index (χ3v) is 2.88. The van der Waals surface area contributed by atoms with E-state index in [2.05, 4.69) is 31.0 Å². The van der Waals surface area contributed by atoms with Crippen LogP contribution in [0.5, 0.6) is 0 Å². The van der Waals surface area contributed by atoms with Gasteiger partial charge in [0.05, 0.1) is 6.04 Å². The molecule has 4 heteroatoms. The van der Waals surface area contributed by atoms with Crippen LogP contribution in [0.2, 0.25) is 0 Å². The van der Waals surface area contributed by atoms with Crippen LogP contribution in [0, 0.1) is 5.92 Å². The molecule has 0 aliphatic heterocycles. The first-order valence-electron chi connectivity index (χ1n) is 6.74. The number of nitrogens with one attached hydrogen (secondary N) is 1. The van der Waals surface area contributed by atoms with Gasteiger partial charge in [0.2, 0.25) is 5.91 Å². The highest BCUT2D eigenvalue weighted by Gasteiger charge is 2.19. The van der Waals surface area contributed by atoms with Crippen molar-refractivity contribution in [3.8, 4) is 0 Å². The molecule has 3 N–H and O–H groups in total. The first-order chi connectivity index (χ1) is 8.02. The largest absolute Gasteiger partial charge is 0.355 e. The molecule has 0 heterocycles. The lowest BCUT2D eigenvalue weighted by atomic mass is 10.1. The van der Waals surface area contributed by atoms with Gasteiger partial charge in [0, 0.05) is 19.6 Å². The van der Waals surface area contributed by atoms with Gasteiger partial charge in [-0.3, -0.25) is 9.69 Å². The summed E-state index contributed by atoms with van der Waals surface area (Å²) in [7, 11) is 0. The Kier molecular flexibility index (Phi) is 9.09. The van der Waals surface area contributed by atoms with Gasteiger partial charge in [-0.1, -0.05) is 20.8 Å². The van der Waals surface area contributed by atoms with Gasteiger partial charge >= 0.3 is 0 Å². The van der Waals surface area contributed by atoms with Crippen molar-refractivity contribution in [3.05, 3.63) is 0 Å². The molecule has 0 aliphatic rings. The van der Waals surface area contributed by atoms with E-state index >= 15 is 0 Å². The fourth-order valence-corrected chi connectivity index (χ4v) is 1.75. The molecule has 1 amide bonds. The summed E-state index contributed by atoms with van der Waals surface area (Å²) in [5.41, 5.74) is 5.56. The second-order valence-corrected chi connectivity index (χ2v) is 4.97. The van der Waals surface area contributed by atoms with Crippen molar-refractivity contribution in [1.82, 2.24) is 10.2 Å². The summed E-state index contributed by atoms with van der Waals surface area (Å²) in [6.45, 7) is 11.5. The topological polar surface area (TPSA) is 58.4 Å². The minimum atomic E-state index is -0.0781. The van der Waals surface area contributed by atoms with Gasteiger partial charge in [-0.05, 0) is 32.2 Å². The van der Waals surface area contributed by atoms with Crippen molar-refractivity contribution in [3.63, 3.8) is 0 Å². The van der Waals surface area contributed by atoms with E-state index in [-0.39, 0.29) is 11.9 Å². The van der Waals surface area contributed by atoms with Crippen molar-refractivity contribution in [2.24, 2.45) is 11.7 Å². The van der Waals surface area contributed by atoms with E-state index in [1.165, 1.54) is 0 Å². The Morgan fingerprint density at radius 3 is 2.41 bits per heavy atom. The number of nitrogens with zero attached hydrogens (tertiary/aromatic N) is 1. The predicted octanol–water partition coefficient (Wildman–Crippen LogP) is 1.21. The zero-order chi connectivity index (χ0) is 13.3. The quantitative estimate of drug-likeness (QED) is 0.640. The lowest BCUT2D eigenvalue weighted by molar-refractivity contribution is -0.125. The van der Waals surface area contributed by atoms with E-state index in [0.29, 0.717) is 12.5 Å². The molecule has 102 valence electrons. The molecule has 0 saturated heterocycles. The second-order valence-electron chi connectivity index (χ2n) is 4.97. The van der Waals surface area contributed by atoms with Gasteiger partial charge in [-0.25, -0.2) is 0 Å². The van der Waals surface area contributed by atoms with Gasteiger partial charge in [0.15, 0.2) is 0 Å². The molecule has 0 aromatic carbocycles. The van der Waals surface area contributed by atoms with Crippen molar-refractivity contribution < 1.29 is 4.79 Å². The monoisotopic (exact) mass is 243 g/mol. The maximum absolute atomic E-state index is 11.9. The lowest BCUT2D eigenvalue weighted by Crippen LogP contribution is -2.47. The van der Waals surface area contributed by atoms with Crippen LogP contribution in [0.15, 0.2) is 0 Å². The van der Waals surface area contributed by atoms with Crippen LogP contribution in [0.1, 0.15) is 40.5 Å². The van der Waals surface area contributed by atoms with Gasteiger partial charge in [-0.15, -0.1) is 0 Å². The molecular weight excluding hydrogens is 214 g/mol. The molecule has 0 aliphatic carbocycles. The molecule has 0 saturated carbocycles. The Labute approximate surface area is 106 Å². The van der Waals surface area contributed by atoms with Crippen LogP contribution in [-0.2, 0) is 4.79 Å². The minimum Gasteiger partial charge on any atom is -0.355 e. The fraction of sp³-hybridized carbons (Fsp3) is 0.923. The van der Waals surface area contributed by atoms with Crippen molar-refractivity contribution in [2.75, 3.05) is 26.2 Å². The number of amides is 1. The first-order valence-corrected chi connectivity index (χ1v) is 6.74. The Morgan fingerprint density at radius 2 is 1.94 bits per heavy atom. The van der Waals surface area contributed by atoms with Crippen LogP contribution in [0.25, 0.3) is 0 Å². The van der Waals surface area contributed by atoms with Crippen LogP contribution in [0.3, 0.4) is 0 Å². The predicted molar refractivity (Wildman–Crippen MR) is 72.8 cm³/mol. The second kappa shape index (κ2) is 9.42. The SMILES string of the molecule is CCCN(CCN)C(C)C(=O)NCCC(C)C. The lowest BCUT2D eigenvalue weighted by Gasteiger charge is -2.27. The number of carbonyl (C=O) groups excluding carboxylic acids is 1. The smallest absolute Gasteiger partial charge is 0.237 e. The Hall–Kier alpha value is -0.610. The number of carbonyl (C=O) groups is 1. The molecule has 17 heavy (non-hydrogen) atoms. The summed E-state index contributed by atoms with van der Waals surface area (Å²) >= 11 is 0. The Balaban J connectivity index is 4.05. The molecule has 1 unspecified atom stereocenters. The average Bonchev–Trinajstić information content (AvgIpc) is 2.27. The van der Waals surface area contributed by atoms with E-state index in [4.69, 9.17) is 5.73 Å². The molecule has 0 fully saturated rings. The fourth-order valence-electron chi connectivity index (χ4n) is 1.75. The molecule has 0 rings (SSSR count). The number of nitrogens with two attached hydrogens (primary N) is 1. The van der Waals surface area contributed by atoms with Crippen molar-refractivity contribution in [2.45, 2.75) is 46.6 Å². The van der Waals surface area contributed by atoms with Crippen molar-refractivity contribution in [1.29, 1.82) is 0 Å². The third kappa shape index (κ3) is 7.34. The van der Waals surface area contributed by atoms with E-state index in [1.807, 2.05) is 6.92 Å². The van der Waals surface area contributed by atoms with Crippen LogP contribution in [0.4, 0.5) is 0 Å². The number of rotatable bonds is 9. The molecule has 0 bridgehead atoms. The molecule has 0 radical (unpaired) electrons. The maximum atomic E-state index is 11.9. The summed E-state index contributed by atoms with van der Waals surface area (Å²) in [4.78, 5) is 14.1. The Bertz CT molecular complexity index is 201. The number of hydrogen-bond donors (Lipinski definition) is 2. The summed E-state index contributed by atoms with van der Waals surface area (Å²) in [5.74, 6) is 0.744. The summed E-state index contributed by atoms with van der Waals surface area (Å²) in [5, 5.41) is 2.99. The average molecular weight is 243 g/mol. The van der Waals surface area contributed by atoms with Crippen LogP contribution < -0.4 is 11.1 Å². The first kappa shape index (κ1) is 16.4. The van der Waals surface area contributed by atoms with Crippen LogP contribution >= 0.6 is 0 Å². The Morgan fingerprint density at radius 1 is 1.29 bits per heavy atom. The standard InChI is InChI=1S/C13H29N3O/c1-5-9-16(10-7-14)12(4)13(17)15-8-6-11(2)3/h11-12H,5-10,14H2,1-4H3,(H,15,17). The summed E-state index contributed by atoms with van der Waals surface area (Å²) in [6.07, 6.45) is 2.08. The third-order valence-electron chi connectivity index (χ3n) is 2.88. The molecule has 0 aromatic heterocycles. The van der Waals surface area contributed by atoms with Gasteiger partial charge < -0.3 is 11.1 Å². The van der Waals surface area contributed by atoms with E-state index < -0.39 is 0 Å². The van der Waals surface area contributed by atoms with E-state index in [1.54, 1.807) is 0 Å². The van der Waals surface area contributed by atoms with E-state index in [0.717, 1.165) is 32.5 Å². The molecular formula is C13H29N3O. The van der Waals surface area contributed by atoms with Crippen molar-refractivity contribution >= 4 is 5.91 Å². The zero-order valence-electron chi connectivity index (χ0n) is 11.8. The highest BCUT2D eigenvalue weighted by Crippen LogP contribution is 2.01. The summed E-state index contributed by atoms with van der Waals surface area (Å²) in [6, 6.07) is -0.0781. The minimum absolute atomic E-state index is 0.0781. The summed E-state index contributed by atoms with van der Waals surface area (Å²) < 4.78 is 0. The number of hydrogen-bond acceptors (Lipinski definition) is 3. The highest BCUT2D eigenvalue weighted by atomic mass is 16.2. The normalized spacial score (nSPS) is 13.1. The van der Waals surface area contributed by atoms with Gasteiger partial charge in [0.1, 0.15) is 0 Å². The molecule has 0 spiro atoms. The zero-order valence-corrected chi connectivity index (χ0v) is 11.8. The van der Waals surface area contributed by atoms with Gasteiger partial charge in [0.25, 0.3) is 0 Å². The molecule has 1 atom stereocenters. The van der Waals surface area contributed by atoms with Gasteiger partial charge in [-0.2, -0.15) is 0 Å². The van der Waals surface area contributed by atoms with Crippen LogP contribution in [-0.4, -0.2) is 43.0 Å². The maximum Gasteiger partial charge on any atom is 0.237 e. The molecule has 4 nitrogen and oxygen atoms in total.